The van der Waals surface area contributed by atoms with Crippen molar-refractivity contribution in [1.82, 2.24) is 4.98 Å². The first-order chi connectivity index (χ1) is 10.7. The highest BCUT2D eigenvalue weighted by Gasteiger charge is 2.19. The number of ether oxygens (including phenoxy) is 1. The van der Waals surface area contributed by atoms with Gasteiger partial charge in [0.2, 0.25) is 0 Å². The van der Waals surface area contributed by atoms with Crippen LogP contribution in [0.5, 0.6) is 5.75 Å². The minimum absolute atomic E-state index is 0.309. The summed E-state index contributed by atoms with van der Waals surface area (Å²) in [5.74, 6) is 0.954. The molecule has 1 saturated carbocycles. The molecule has 3 rings (SSSR count). The Balaban J connectivity index is 2.11. The fraction of sp³-hybridized carbons (Fsp3) is 0.500. The maximum atomic E-state index is 6.44. The smallest absolute Gasteiger partial charge is 0.135 e. The summed E-state index contributed by atoms with van der Waals surface area (Å²) >= 11 is 11.8. The van der Waals surface area contributed by atoms with Crippen LogP contribution in [0.25, 0.3) is 10.9 Å². The summed E-state index contributed by atoms with van der Waals surface area (Å²) in [6.45, 7) is 2.17. The molecule has 0 unspecified atom stereocenters. The number of nitrogens with one attached hydrogen (secondary N) is 1. The average Bonchev–Trinajstić information content (AvgIpc) is 2.52. The largest absolute Gasteiger partial charge is 0.489 e. The van der Waals surface area contributed by atoms with Gasteiger partial charge in [-0.2, -0.15) is 0 Å². The van der Waals surface area contributed by atoms with Gasteiger partial charge in [0.15, 0.2) is 0 Å². The van der Waals surface area contributed by atoms with Crippen molar-refractivity contribution in [3.63, 3.8) is 0 Å². The number of H-pyrrole nitrogens is 1. The molecule has 0 aliphatic heterocycles. The average molecular weight is 336 g/mol. The molecule has 1 aromatic heterocycles. The zero-order chi connectivity index (χ0) is 15.5. The highest BCUT2D eigenvalue weighted by molar-refractivity contribution is 7.71. The molecule has 4 heteroatoms. The number of rotatable bonds is 4. The summed E-state index contributed by atoms with van der Waals surface area (Å²) in [6.07, 6.45) is 8.40. The van der Waals surface area contributed by atoms with E-state index in [1.54, 1.807) is 0 Å². The molecule has 0 radical (unpaired) electrons. The second kappa shape index (κ2) is 7.01. The molecule has 1 N–H and O–H groups in total. The van der Waals surface area contributed by atoms with E-state index in [9.17, 15) is 0 Å². The summed E-state index contributed by atoms with van der Waals surface area (Å²) in [5.41, 5.74) is 2.12. The minimum atomic E-state index is 0.309. The van der Waals surface area contributed by atoms with E-state index in [4.69, 9.17) is 28.6 Å². The van der Waals surface area contributed by atoms with Crippen molar-refractivity contribution < 1.29 is 4.74 Å². The van der Waals surface area contributed by atoms with E-state index < -0.39 is 0 Å². The van der Waals surface area contributed by atoms with Crippen molar-refractivity contribution in [3.05, 3.63) is 33.4 Å². The summed E-state index contributed by atoms with van der Waals surface area (Å²) < 4.78 is 7.24. The normalized spacial score (nSPS) is 16.1. The quantitative estimate of drug-likeness (QED) is 0.671. The van der Waals surface area contributed by atoms with Crippen LogP contribution in [0.1, 0.15) is 51.0 Å². The van der Waals surface area contributed by atoms with Crippen molar-refractivity contribution in [1.29, 1.82) is 0 Å². The standard InChI is InChI=1S/C18H22ClNOS/c1-2-6-14-17(21-13-7-4-3-5-8-13)15-11-12(19)9-10-16(15)20-18(14)22/h9-11,13H,2-8H2,1H3,(H,20,22). The molecule has 1 fully saturated rings. The van der Waals surface area contributed by atoms with E-state index in [0.29, 0.717) is 6.10 Å². The van der Waals surface area contributed by atoms with Crippen molar-refractivity contribution >= 4 is 34.7 Å². The van der Waals surface area contributed by atoms with Crippen molar-refractivity contribution in [3.8, 4) is 5.75 Å². The molecule has 22 heavy (non-hydrogen) atoms. The molecule has 0 spiro atoms. The number of halogens is 1. The Kier molecular flexibility index (Phi) is 5.04. The predicted molar refractivity (Wildman–Crippen MR) is 95.6 cm³/mol. The third-order valence-corrected chi connectivity index (χ3v) is 4.94. The fourth-order valence-electron chi connectivity index (χ4n) is 3.24. The Labute approximate surface area is 141 Å². The molecule has 2 nitrogen and oxygen atoms in total. The first-order valence-corrected chi connectivity index (χ1v) is 8.98. The molecule has 0 amide bonds. The van der Waals surface area contributed by atoms with E-state index in [0.717, 1.165) is 57.6 Å². The predicted octanol–water partition coefficient (Wildman–Crippen LogP) is 6.21. The van der Waals surface area contributed by atoms with Gasteiger partial charge in [0.25, 0.3) is 0 Å². The Hall–Kier alpha value is -1.06. The summed E-state index contributed by atoms with van der Waals surface area (Å²) in [5, 5.41) is 1.78. The topological polar surface area (TPSA) is 25.0 Å². The van der Waals surface area contributed by atoms with Crippen LogP contribution in [-0.4, -0.2) is 11.1 Å². The first kappa shape index (κ1) is 15.8. The summed E-state index contributed by atoms with van der Waals surface area (Å²) in [7, 11) is 0. The lowest BCUT2D eigenvalue weighted by Crippen LogP contribution is -2.20. The van der Waals surface area contributed by atoms with Crippen LogP contribution in [0.4, 0.5) is 0 Å². The van der Waals surface area contributed by atoms with Crippen LogP contribution in [-0.2, 0) is 6.42 Å². The number of pyridine rings is 1. The second-order valence-electron chi connectivity index (χ2n) is 6.08. The van der Waals surface area contributed by atoms with Gasteiger partial charge in [0, 0.05) is 16.0 Å². The number of fused-ring (bicyclic) bond motifs is 1. The maximum Gasteiger partial charge on any atom is 0.135 e. The van der Waals surface area contributed by atoms with Crippen molar-refractivity contribution in [2.75, 3.05) is 0 Å². The van der Waals surface area contributed by atoms with Crippen LogP contribution < -0.4 is 4.74 Å². The molecule has 1 aliphatic carbocycles. The number of aromatic amines is 1. The van der Waals surface area contributed by atoms with E-state index in [1.807, 2.05) is 18.2 Å². The molecule has 0 bridgehead atoms. The van der Waals surface area contributed by atoms with Gasteiger partial charge in [-0.1, -0.05) is 43.6 Å². The monoisotopic (exact) mass is 335 g/mol. The third-order valence-electron chi connectivity index (χ3n) is 4.36. The fourth-order valence-corrected chi connectivity index (χ4v) is 3.71. The number of aromatic nitrogens is 1. The number of hydrogen-bond donors (Lipinski definition) is 1. The van der Waals surface area contributed by atoms with Gasteiger partial charge in [0.05, 0.1) is 11.6 Å². The first-order valence-electron chi connectivity index (χ1n) is 8.20. The van der Waals surface area contributed by atoms with Crippen LogP contribution in [0.3, 0.4) is 0 Å². The van der Waals surface area contributed by atoms with Crippen LogP contribution in [0, 0.1) is 4.64 Å². The maximum absolute atomic E-state index is 6.44. The zero-order valence-electron chi connectivity index (χ0n) is 13.0. The summed E-state index contributed by atoms with van der Waals surface area (Å²) in [4.78, 5) is 3.32. The zero-order valence-corrected chi connectivity index (χ0v) is 14.5. The minimum Gasteiger partial charge on any atom is -0.489 e. The Morgan fingerprint density at radius 3 is 2.77 bits per heavy atom. The van der Waals surface area contributed by atoms with Gasteiger partial charge in [0.1, 0.15) is 10.4 Å². The highest BCUT2D eigenvalue weighted by atomic mass is 35.5. The molecule has 0 saturated heterocycles. The second-order valence-corrected chi connectivity index (χ2v) is 6.92. The van der Waals surface area contributed by atoms with Gasteiger partial charge in [-0.05, 0) is 50.3 Å². The van der Waals surface area contributed by atoms with Gasteiger partial charge < -0.3 is 9.72 Å². The third kappa shape index (κ3) is 3.31. The highest BCUT2D eigenvalue weighted by Crippen LogP contribution is 2.35. The SMILES string of the molecule is CCCc1c(OC2CCCCC2)c2cc(Cl)ccc2[nH]c1=S. The van der Waals surface area contributed by atoms with E-state index in [2.05, 4.69) is 11.9 Å². The lowest BCUT2D eigenvalue weighted by atomic mass is 9.97. The molecular formula is C18H22ClNOS. The molecule has 1 heterocycles. The van der Waals surface area contributed by atoms with Gasteiger partial charge >= 0.3 is 0 Å². The molecule has 1 aliphatic rings. The van der Waals surface area contributed by atoms with Crippen molar-refractivity contribution in [2.45, 2.75) is 58.0 Å². The molecular weight excluding hydrogens is 314 g/mol. The summed E-state index contributed by atoms with van der Waals surface area (Å²) in [6, 6.07) is 5.86. The Morgan fingerprint density at radius 1 is 1.27 bits per heavy atom. The number of hydrogen-bond acceptors (Lipinski definition) is 2. The van der Waals surface area contributed by atoms with E-state index in [1.165, 1.54) is 19.3 Å². The van der Waals surface area contributed by atoms with Gasteiger partial charge in [-0.25, -0.2) is 0 Å². The number of benzene rings is 1. The molecule has 1 aromatic carbocycles. The van der Waals surface area contributed by atoms with Crippen LogP contribution in [0.15, 0.2) is 18.2 Å². The van der Waals surface area contributed by atoms with Crippen LogP contribution >= 0.6 is 23.8 Å². The molecule has 118 valence electrons. The lowest BCUT2D eigenvalue weighted by Gasteiger charge is -2.25. The van der Waals surface area contributed by atoms with Crippen molar-refractivity contribution in [2.24, 2.45) is 0 Å². The van der Waals surface area contributed by atoms with E-state index >= 15 is 0 Å². The van der Waals surface area contributed by atoms with Gasteiger partial charge in [-0.3, -0.25) is 0 Å². The lowest BCUT2D eigenvalue weighted by molar-refractivity contribution is 0.155. The molecule has 2 aromatic rings. The van der Waals surface area contributed by atoms with E-state index in [-0.39, 0.29) is 0 Å². The van der Waals surface area contributed by atoms with Gasteiger partial charge in [-0.15, -0.1) is 0 Å². The Morgan fingerprint density at radius 2 is 2.05 bits per heavy atom. The van der Waals surface area contributed by atoms with Crippen LogP contribution in [0.2, 0.25) is 5.02 Å². The Bertz CT molecular complexity index is 719. The molecule has 0 atom stereocenters.